The van der Waals surface area contributed by atoms with Crippen LogP contribution in [0.25, 0.3) is 11.4 Å². The van der Waals surface area contributed by atoms with E-state index in [1.165, 1.54) is 0 Å². The molecule has 0 radical (unpaired) electrons. The minimum absolute atomic E-state index is 0.282. The zero-order valence-electron chi connectivity index (χ0n) is 6.60. The van der Waals surface area contributed by atoms with E-state index in [9.17, 15) is 5.11 Å². The molecule has 0 atom stereocenters. The standard InChI is InChI=1S/C8H7N3O2/c9-6-3-1-5(2-4-6)7-10-8(12)13-11-7/h1-4H,9H2,(H,10,11,12)/p-1. The van der Waals surface area contributed by atoms with Crippen LogP contribution in [-0.2, 0) is 0 Å². The number of hydrogen-bond donors (Lipinski definition) is 1. The predicted molar refractivity (Wildman–Crippen MR) is 43.6 cm³/mol. The summed E-state index contributed by atoms with van der Waals surface area (Å²) < 4.78 is 4.30. The molecular formula is C8H6N3O2-. The minimum atomic E-state index is -0.688. The van der Waals surface area contributed by atoms with Gasteiger partial charge in [-0.25, -0.2) is 4.98 Å². The summed E-state index contributed by atoms with van der Waals surface area (Å²) in [6, 6.07) is 6.85. The second-order valence-corrected chi connectivity index (χ2v) is 2.51. The molecule has 0 unspecified atom stereocenters. The van der Waals surface area contributed by atoms with E-state index in [0.29, 0.717) is 11.3 Å². The van der Waals surface area contributed by atoms with Crippen LogP contribution in [-0.4, -0.2) is 10.1 Å². The van der Waals surface area contributed by atoms with Crippen molar-refractivity contribution < 1.29 is 9.63 Å². The van der Waals surface area contributed by atoms with Crippen LogP contribution in [0.4, 0.5) is 5.69 Å². The fourth-order valence-corrected chi connectivity index (χ4v) is 0.959. The van der Waals surface area contributed by atoms with Crippen LogP contribution in [0.1, 0.15) is 0 Å². The topological polar surface area (TPSA) is 88.0 Å². The number of benzene rings is 1. The molecule has 0 aliphatic heterocycles. The Morgan fingerprint density at radius 3 is 2.46 bits per heavy atom. The fourth-order valence-electron chi connectivity index (χ4n) is 0.959. The van der Waals surface area contributed by atoms with Gasteiger partial charge in [0.15, 0.2) is 11.9 Å². The van der Waals surface area contributed by atoms with Gasteiger partial charge in [-0.05, 0) is 24.3 Å². The first-order chi connectivity index (χ1) is 6.25. The summed E-state index contributed by atoms with van der Waals surface area (Å²) in [4.78, 5) is 3.54. The summed E-state index contributed by atoms with van der Waals surface area (Å²) in [7, 11) is 0. The van der Waals surface area contributed by atoms with Gasteiger partial charge in [0.1, 0.15) is 0 Å². The first-order valence-electron chi connectivity index (χ1n) is 3.62. The first-order valence-corrected chi connectivity index (χ1v) is 3.62. The van der Waals surface area contributed by atoms with Gasteiger partial charge in [0.05, 0.1) is 0 Å². The lowest BCUT2D eigenvalue weighted by Gasteiger charge is -1.95. The molecule has 0 bridgehead atoms. The third kappa shape index (κ3) is 1.44. The number of nitrogen functional groups attached to an aromatic ring is 1. The number of hydrogen-bond acceptors (Lipinski definition) is 5. The Morgan fingerprint density at radius 2 is 1.92 bits per heavy atom. The van der Waals surface area contributed by atoms with Gasteiger partial charge < -0.3 is 15.4 Å². The van der Waals surface area contributed by atoms with Gasteiger partial charge in [0.25, 0.3) is 0 Å². The molecule has 0 saturated heterocycles. The van der Waals surface area contributed by atoms with E-state index in [0.717, 1.165) is 0 Å². The Balaban J connectivity index is 2.41. The predicted octanol–water partition coefficient (Wildman–Crippen LogP) is 0.392. The molecule has 0 saturated carbocycles. The van der Waals surface area contributed by atoms with Gasteiger partial charge >= 0.3 is 0 Å². The molecule has 66 valence electrons. The number of anilines is 1. The lowest BCUT2D eigenvalue weighted by molar-refractivity contribution is -0.303. The number of nitrogens with zero attached hydrogens (tertiary/aromatic N) is 2. The largest absolute Gasteiger partial charge is 0.528 e. The Hall–Kier alpha value is -2.04. The highest BCUT2D eigenvalue weighted by molar-refractivity contribution is 5.58. The van der Waals surface area contributed by atoms with Crippen molar-refractivity contribution >= 4 is 5.69 Å². The van der Waals surface area contributed by atoms with Gasteiger partial charge in [-0.3, -0.25) is 0 Å². The van der Waals surface area contributed by atoms with Gasteiger partial charge in [0.2, 0.25) is 0 Å². The van der Waals surface area contributed by atoms with Crippen LogP contribution in [0.5, 0.6) is 6.08 Å². The molecule has 2 N–H and O–H groups in total. The fraction of sp³-hybridized carbons (Fsp3) is 0. The van der Waals surface area contributed by atoms with Crippen LogP contribution >= 0.6 is 0 Å². The zero-order valence-corrected chi connectivity index (χ0v) is 6.60. The SMILES string of the molecule is Nc1ccc(-c2noc([O-])n2)cc1. The lowest BCUT2D eigenvalue weighted by Crippen LogP contribution is -1.88. The molecule has 2 aromatic rings. The normalized spacial score (nSPS) is 10.2. The van der Waals surface area contributed by atoms with E-state index in [2.05, 4.69) is 14.7 Å². The molecule has 0 aliphatic carbocycles. The van der Waals surface area contributed by atoms with Gasteiger partial charge in [-0.15, -0.1) is 0 Å². The summed E-state index contributed by atoms with van der Waals surface area (Å²) in [5, 5.41) is 14.0. The second kappa shape index (κ2) is 2.78. The van der Waals surface area contributed by atoms with Crippen molar-refractivity contribution in [2.75, 3.05) is 5.73 Å². The number of aromatic nitrogens is 2. The molecule has 0 amide bonds. The van der Waals surface area contributed by atoms with Crippen molar-refractivity contribution in [1.82, 2.24) is 10.1 Å². The maximum atomic E-state index is 10.6. The Morgan fingerprint density at radius 1 is 1.23 bits per heavy atom. The van der Waals surface area contributed by atoms with Crippen LogP contribution in [0, 0.1) is 0 Å². The molecule has 0 spiro atoms. The van der Waals surface area contributed by atoms with E-state index in [1.54, 1.807) is 24.3 Å². The summed E-state index contributed by atoms with van der Waals surface area (Å²) in [5.74, 6) is 0.282. The summed E-state index contributed by atoms with van der Waals surface area (Å²) >= 11 is 0. The zero-order chi connectivity index (χ0) is 9.26. The highest BCUT2D eigenvalue weighted by Crippen LogP contribution is 2.17. The Labute approximate surface area is 73.8 Å². The van der Waals surface area contributed by atoms with Crippen LogP contribution in [0.2, 0.25) is 0 Å². The van der Waals surface area contributed by atoms with Crippen molar-refractivity contribution in [3.05, 3.63) is 24.3 Å². The molecule has 13 heavy (non-hydrogen) atoms. The molecule has 2 rings (SSSR count). The van der Waals surface area contributed by atoms with Crippen LogP contribution in [0.15, 0.2) is 28.8 Å². The Kier molecular flexibility index (Phi) is 1.63. The van der Waals surface area contributed by atoms with Crippen LogP contribution in [0.3, 0.4) is 0 Å². The number of nitrogens with two attached hydrogens (primary N) is 1. The molecule has 5 heteroatoms. The minimum Gasteiger partial charge on any atom is -0.528 e. The third-order valence-electron chi connectivity index (χ3n) is 1.58. The second-order valence-electron chi connectivity index (χ2n) is 2.51. The molecule has 1 aromatic heterocycles. The monoisotopic (exact) mass is 176 g/mol. The molecule has 0 aliphatic rings. The van der Waals surface area contributed by atoms with Crippen LogP contribution < -0.4 is 10.8 Å². The quantitative estimate of drug-likeness (QED) is 0.635. The van der Waals surface area contributed by atoms with E-state index in [-0.39, 0.29) is 5.82 Å². The van der Waals surface area contributed by atoms with Crippen molar-refractivity contribution in [3.8, 4) is 17.5 Å². The molecular weight excluding hydrogens is 170 g/mol. The molecule has 1 heterocycles. The summed E-state index contributed by atoms with van der Waals surface area (Å²) in [6.07, 6.45) is -0.688. The van der Waals surface area contributed by atoms with E-state index >= 15 is 0 Å². The van der Waals surface area contributed by atoms with Gasteiger partial charge in [-0.1, -0.05) is 0 Å². The molecule has 1 aromatic carbocycles. The maximum Gasteiger partial charge on any atom is 0.174 e. The molecule has 0 fully saturated rings. The summed E-state index contributed by atoms with van der Waals surface area (Å²) in [5.41, 5.74) is 6.84. The average Bonchev–Trinajstić information content (AvgIpc) is 2.53. The Bertz CT molecular complexity index is 408. The van der Waals surface area contributed by atoms with E-state index in [1.807, 2.05) is 0 Å². The van der Waals surface area contributed by atoms with Crippen molar-refractivity contribution in [2.24, 2.45) is 0 Å². The smallest absolute Gasteiger partial charge is 0.174 e. The van der Waals surface area contributed by atoms with Gasteiger partial charge in [0, 0.05) is 11.3 Å². The average molecular weight is 176 g/mol. The van der Waals surface area contributed by atoms with E-state index in [4.69, 9.17) is 5.73 Å². The van der Waals surface area contributed by atoms with Gasteiger partial charge in [-0.2, -0.15) is 5.16 Å². The van der Waals surface area contributed by atoms with E-state index < -0.39 is 6.08 Å². The highest BCUT2D eigenvalue weighted by Gasteiger charge is 2.00. The lowest BCUT2D eigenvalue weighted by atomic mass is 10.2. The molecule has 5 nitrogen and oxygen atoms in total. The summed E-state index contributed by atoms with van der Waals surface area (Å²) in [6.45, 7) is 0. The first kappa shape index (κ1) is 7.60. The highest BCUT2D eigenvalue weighted by atomic mass is 16.6. The third-order valence-corrected chi connectivity index (χ3v) is 1.58. The van der Waals surface area contributed by atoms with Crippen molar-refractivity contribution in [3.63, 3.8) is 0 Å². The van der Waals surface area contributed by atoms with Crippen molar-refractivity contribution in [1.29, 1.82) is 0 Å². The number of rotatable bonds is 1. The van der Waals surface area contributed by atoms with Crippen molar-refractivity contribution in [2.45, 2.75) is 0 Å². The maximum absolute atomic E-state index is 10.6.